The van der Waals surface area contributed by atoms with Crippen molar-refractivity contribution in [3.63, 3.8) is 0 Å². The lowest BCUT2D eigenvalue weighted by molar-refractivity contribution is -0.129. The van der Waals surface area contributed by atoms with Gasteiger partial charge < -0.3 is 4.90 Å². The van der Waals surface area contributed by atoms with Crippen molar-refractivity contribution < 1.29 is 4.79 Å². The average Bonchev–Trinajstić information content (AvgIpc) is 3.04. The standard InChI is InChI=1S/C11H14ClN3O2/c1-14(2)10(17)6-15-9(16)5-8(12)13-11(15)7-3-4-7/h5,7H,3-4,6H2,1-2H3. The summed E-state index contributed by atoms with van der Waals surface area (Å²) in [5.41, 5.74) is -0.262. The number of nitrogens with zero attached hydrogens (tertiary/aromatic N) is 3. The first-order valence-electron chi connectivity index (χ1n) is 5.46. The molecular weight excluding hydrogens is 242 g/mol. The van der Waals surface area contributed by atoms with Crippen LogP contribution in [0.4, 0.5) is 0 Å². The largest absolute Gasteiger partial charge is 0.347 e. The number of aromatic nitrogens is 2. The van der Waals surface area contributed by atoms with Crippen LogP contribution < -0.4 is 5.56 Å². The molecule has 1 saturated carbocycles. The summed E-state index contributed by atoms with van der Waals surface area (Å²) >= 11 is 5.77. The van der Waals surface area contributed by atoms with Crippen molar-refractivity contribution in [2.24, 2.45) is 0 Å². The van der Waals surface area contributed by atoms with Crippen LogP contribution in [0.15, 0.2) is 10.9 Å². The van der Waals surface area contributed by atoms with Crippen molar-refractivity contribution in [1.82, 2.24) is 14.5 Å². The molecule has 0 aliphatic heterocycles. The monoisotopic (exact) mass is 255 g/mol. The average molecular weight is 256 g/mol. The van der Waals surface area contributed by atoms with E-state index in [9.17, 15) is 9.59 Å². The summed E-state index contributed by atoms with van der Waals surface area (Å²) in [7, 11) is 3.32. The Labute approximate surface area is 104 Å². The lowest BCUT2D eigenvalue weighted by atomic mass is 10.3. The molecule has 1 aliphatic carbocycles. The molecule has 92 valence electrons. The van der Waals surface area contributed by atoms with Gasteiger partial charge in [0, 0.05) is 26.1 Å². The van der Waals surface area contributed by atoms with Crippen LogP contribution in [0.25, 0.3) is 0 Å². The van der Waals surface area contributed by atoms with E-state index < -0.39 is 0 Å². The summed E-state index contributed by atoms with van der Waals surface area (Å²) in [6.45, 7) is 0.0296. The van der Waals surface area contributed by atoms with Gasteiger partial charge >= 0.3 is 0 Å². The van der Waals surface area contributed by atoms with E-state index in [4.69, 9.17) is 11.6 Å². The normalized spacial score (nSPS) is 14.8. The van der Waals surface area contributed by atoms with Gasteiger partial charge in [-0.1, -0.05) is 11.6 Å². The summed E-state index contributed by atoms with van der Waals surface area (Å²) < 4.78 is 1.42. The van der Waals surface area contributed by atoms with E-state index in [1.165, 1.54) is 15.5 Å². The van der Waals surface area contributed by atoms with Gasteiger partial charge in [0.2, 0.25) is 5.91 Å². The van der Waals surface area contributed by atoms with Gasteiger partial charge in [0.1, 0.15) is 17.5 Å². The highest BCUT2D eigenvalue weighted by Crippen LogP contribution is 2.38. The minimum absolute atomic E-state index is 0.0296. The summed E-state index contributed by atoms with van der Waals surface area (Å²) in [5.74, 6) is 0.784. The molecule has 1 fully saturated rings. The third kappa shape index (κ3) is 2.66. The van der Waals surface area contributed by atoms with E-state index in [0.717, 1.165) is 12.8 Å². The molecular formula is C11H14ClN3O2. The van der Waals surface area contributed by atoms with Crippen molar-refractivity contribution in [3.8, 4) is 0 Å². The van der Waals surface area contributed by atoms with Crippen LogP contribution >= 0.6 is 11.6 Å². The molecule has 1 aromatic heterocycles. The van der Waals surface area contributed by atoms with Gasteiger partial charge in [-0.3, -0.25) is 14.2 Å². The third-order valence-electron chi connectivity index (χ3n) is 2.74. The molecule has 1 heterocycles. The molecule has 0 N–H and O–H groups in total. The number of hydrogen-bond donors (Lipinski definition) is 0. The SMILES string of the molecule is CN(C)C(=O)Cn1c(C2CC2)nc(Cl)cc1=O. The third-order valence-corrected chi connectivity index (χ3v) is 2.93. The minimum atomic E-state index is -0.262. The first-order valence-corrected chi connectivity index (χ1v) is 5.84. The first-order chi connectivity index (χ1) is 7.99. The Balaban J connectivity index is 2.37. The van der Waals surface area contributed by atoms with E-state index >= 15 is 0 Å². The molecule has 0 bridgehead atoms. The Kier molecular flexibility index (Phi) is 3.19. The van der Waals surface area contributed by atoms with E-state index in [1.54, 1.807) is 14.1 Å². The lowest BCUT2D eigenvalue weighted by Gasteiger charge is -2.14. The molecule has 0 saturated heterocycles. The van der Waals surface area contributed by atoms with Gasteiger partial charge in [-0.05, 0) is 12.8 Å². The molecule has 0 radical (unpaired) electrons. The maximum absolute atomic E-state index is 11.8. The van der Waals surface area contributed by atoms with Crippen LogP contribution in [-0.4, -0.2) is 34.5 Å². The van der Waals surface area contributed by atoms with Gasteiger partial charge in [0.25, 0.3) is 5.56 Å². The Bertz CT molecular complexity index is 506. The highest BCUT2D eigenvalue weighted by Gasteiger charge is 2.29. The molecule has 2 rings (SSSR count). The maximum Gasteiger partial charge on any atom is 0.255 e. The fourth-order valence-corrected chi connectivity index (χ4v) is 1.76. The second-order valence-electron chi connectivity index (χ2n) is 4.42. The predicted octanol–water partition coefficient (Wildman–Crippen LogP) is 0.862. The predicted molar refractivity (Wildman–Crippen MR) is 64.2 cm³/mol. The number of carbonyl (C=O) groups excluding carboxylic acids is 1. The van der Waals surface area contributed by atoms with Crippen molar-refractivity contribution in [2.45, 2.75) is 25.3 Å². The van der Waals surface area contributed by atoms with Crippen molar-refractivity contribution in [3.05, 3.63) is 27.4 Å². The molecule has 0 spiro atoms. The van der Waals surface area contributed by atoms with E-state index in [1.807, 2.05) is 0 Å². The van der Waals surface area contributed by atoms with Crippen molar-refractivity contribution in [2.75, 3.05) is 14.1 Å². The summed E-state index contributed by atoms with van der Waals surface area (Å²) in [5, 5.41) is 0.199. The molecule has 17 heavy (non-hydrogen) atoms. The number of carbonyl (C=O) groups is 1. The van der Waals surface area contributed by atoms with E-state index in [2.05, 4.69) is 4.98 Å². The number of hydrogen-bond acceptors (Lipinski definition) is 3. The Morgan fingerprint density at radius 3 is 2.76 bits per heavy atom. The van der Waals surface area contributed by atoms with E-state index in [0.29, 0.717) is 5.82 Å². The smallest absolute Gasteiger partial charge is 0.255 e. The Morgan fingerprint density at radius 2 is 2.24 bits per heavy atom. The quantitative estimate of drug-likeness (QED) is 0.753. The summed E-state index contributed by atoms with van der Waals surface area (Å²) in [6, 6.07) is 1.25. The molecule has 0 atom stereocenters. The van der Waals surface area contributed by atoms with Crippen molar-refractivity contribution >= 4 is 17.5 Å². The van der Waals surface area contributed by atoms with Crippen molar-refractivity contribution in [1.29, 1.82) is 0 Å². The highest BCUT2D eigenvalue weighted by molar-refractivity contribution is 6.29. The van der Waals surface area contributed by atoms with Gasteiger partial charge in [-0.15, -0.1) is 0 Å². The topological polar surface area (TPSA) is 55.2 Å². The second kappa shape index (κ2) is 4.49. The number of halogens is 1. The van der Waals surface area contributed by atoms with Gasteiger partial charge in [-0.25, -0.2) is 4.98 Å². The van der Waals surface area contributed by atoms with Crippen LogP contribution in [0.5, 0.6) is 0 Å². The van der Waals surface area contributed by atoms with Crippen LogP contribution in [-0.2, 0) is 11.3 Å². The van der Waals surface area contributed by atoms with Crippen LogP contribution in [0, 0.1) is 0 Å². The zero-order valence-corrected chi connectivity index (χ0v) is 10.6. The first kappa shape index (κ1) is 12.1. The molecule has 0 unspecified atom stereocenters. The molecule has 1 aliphatic rings. The van der Waals surface area contributed by atoms with Crippen LogP contribution in [0.1, 0.15) is 24.6 Å². The fraction of sp³-hybridized carbons (Fsp3) is 0.545. The van der Waals surface area contributed by atoms with E-state index in [-0.39, 0.29) is 29.1 Å². The van der Waals surface area contributed by atoms with Gasteiger partial charge in [0.15, 0.2) is 0 Å². The molecule has 0 aromatic carbocycles. The second-order valence-corrected chi connectivity index (χ2v) is 4.81. The zero-order valence-electron chi connectivity index (χ0n) is 9.81. The molecule has 1 amide bonds. The van der Waals surface area contributed by atoms with Gasteiger partial charge in [0.05, 0.1) is 0 Å². The lowest BCUT2D eigenvalue weighted by Crippen LogP contribution is -2.33. The van der Waals surface area contributed by atoms with Crippen LogP contribution in [0.3, 0.4) is 0 Å². The Morgan fingerprint density at radius 1 is 1.59 bits per heavy atom. The zero-order chi connectivity index (χ0) is 12.6. The minimum Gasteiger partial charge on any atom is -0.347 e. The summed E-state index contributed by atoms with van der Waals surface area (Å²) in [6.07, 6.45) is 2.01. The van der Waals surface area contributed by atoms with Crippen LogP contribution in [0.2, 0.25) is 5.15 Å². The molecule has 5 nitrogen and oxygen atoms in total. The highest BCUT2D eigenvalue weighted by atomic mass is 35.5. The fourth-order valence-electron chi connectivity index (χ4n) is 1.58. The number of likely N-dealkylation sites (N-methyl/N-ethyl adjacent to an activating group) is 1. The number of amides is 1. The number of rotatable bonds is 3. The molecule has 6 heteroatoms. The van der Waals surface area contributed by atoms with Gasteiger partial charge in [-0.2, -0.15) is 0 Å². The summed E-state index contributed by atoms with van der Waals surface area (Å²) in [4.78, 5) is 29.1. The Hall–Kier alpha value is -1.36. The molecule has 1 aromatic rings. The maximum atomic E-state index is 11.8.